The Bertz CT molecular complexity index is 841. The van der Waals surface area contributed by atoms with Gasteiger partial charge in [-0.15, -0.1) is 11.8 Å². The molecular weight excluding hydrogens is 330 g/mol. The van der Waals surface area contributed by atoms with Crippen LogP contribution in [0.25, 0.3) is 11.0 Å². The van der Waals surface area contributed by atoms with E-state index in [9.17, 15) is 4.79 Å². The standard InChI is InChI=1S/C20H23N3OS/c1-13-8-4-5-9-16(13)14(2)21-19(24)12-25-15(3)20-22-17-10-6-7-11-18(17)23-20/h4-11,14-15H,12H2,1-3H3,(H,21,24)(H,22,23)/t14-,15+/m1/s1. The van der Waals surface area contributed by atoms with E-state index in [4.69, 9.17) is 0 Å². The minimum absolute atomic E-state index is 0.0100. The molecule has 0 fully saturated rings. The molecule has 1 aromatic heterocycles. The van der Waals surface area contributed by atoms with Crippen LogP contribution < -0.4 is 5.32 Å². The normalized spacial score (nSPS) is 13.6. The molecule has 0 aliphatic carbocycles. The summed E-state index contributed by atoms with van der Waals surface area (Å²) in [5.41, 5.74) is 4.34. The SMILES string of the molecule is Cc1ccccc1[C@@H](C)NC(=O)CS[C@@H](C)c1nc2ccccc2[nH]1. The number of carbonyl (C=O) groups excluding carboxylic acids is 1. The summed E-state index contributed by atoms with van der Waals surface area (Å²) in [7, 11) is 0. The van der Waals surface area contributed by atoms with Crippen LogP contribution in [0.3, 0.4) is 0 Å². The number of aryl methyl sites for hydroxylation is 1. The number of fused-ring (bicyclic) bond motifs is 1. The van der Waals surface area contributed by atoms with Gasteiger partial charge in [0.15, 0.2) is 0 Å². The van der Waals surface area contributed by atoms with Gasteiger partial charge in [-0.2, -0.15) is 0 Å². The van der Waals surface area contributed by atoms with Crippen LogP contribution in [0.1, 0.15) is 42.1 Å². The lowest BCUT2D eigenvalue weighted by Gasteiger charge is -2.17. The van der Waals surface area contributed by atoms with E-state index in [1.54, 1.807) is 11.8 Å². The summed E-state index contributed by atoms with van der Waals surface area (Å²) in [6.07, 6.45) is 0. The molecule has 2 aromatic carbocycles. The molecule has 0 unspecified atom stereocenters. The monoisotopic (exact) mass is 353 g/mol. The second kappa shape index (κ2) is 7.74. The van der Waals surface area contributed by atoms with Crippen LogP contribution in [0.2, 0.25) is 0 Å². The molecule has 1 heterocycles. The summed E-state index contributed by atoms with van der Waals surface area (Å²) in [4.78, 5) is 20.2. The summed E-state index contributed by atoms with van der Waals surface area (Å²) in [5, 5.41) is 3.21. The minimum atomic E-state index is 0.0100. The molecule has 0 radical (unpaired) electrons. The second-order valence-corrected chi connectivity index (χ2v) is 7.57. The highest BCUT2D eigenvalue weighted by Crippen LogP contribution is 2.27. The number of thioether (sulfide) groups is 1. The number of hydrogen-bond acceptors (Lipinski definition) is 3. The Balaban J connectivity index is 1.55. The third-order valence-electron chi connectivity index (χ3n) is 4.29. The first-order chi connectivity index (χ1) is 12.0. The number of amides is 1. The third kappa shape index (κ3) is 4.23. The van der Waals surface area contributed by atoms with Crippen molar-refractivity contribution in [2.75, 3.05) is 5.75 Å². The number of nitrogens with one attached hydrogen (secondary N) is 2. The summed E-state index contributed by atoms with van der Waals surface area (Å²) in [6.45, 7) is 6.16. The van der Waals surface area contributed by atoms with Crippen molar-refractivity contribution >= 4 is 28.7 Å². The highest BCUT2D eigenvalue weighted by molar-refractivity contribution is 8.00. The fourth-order valence-corrected chi connectivity index (χ4v) is 3.63. The van der Waals surface area contributed by atoms with E-state index < -0.39 is 0 Å². The smallest absolute Gasteiger partial charge is 0.230 e. The predicted octanol–water partition coefficient (Wildman–Crippen LogP) is 4.54. The number of aromatic nitrogens is 2. The molecule has 0 aliphatic heterocycles. The molecule has 0 spiro atoms. The zero-order valence-corrected chi connectivity index (χ0v) is 15.6. The highest BCUT2D eigenvalue weighted by Gasteiger charge is 2.15. The van der Waals surface area contributed by atoms with Gasteiger partial charge < -0.3 is 10.3 Å². The van der Waals surface area contributed by atoms with Gasteiger partial charge >= 0.3 is 0 Å². The first-order valence-electron chi connectivity index (χ1n) is 8.45. The Labute approximate surface area is 152 Å². The molecule has 25 heavy (non-hydrogen) atoms. The van der Waals surface area contributed by atoms with Crippen LogP contribution in [0, 0.1) is 6.92 Å². The summed E-state index contributed by atoms with van der Waals surface area (Å²) in [6, 6.07) is 16.1. The molecule has 0 bridgehead atoms. The fourth-order valence-electron chi connectivity index (χ4n) is 2.88. The van der Waals surface area contributed by atoms with Crippen molar-refractivity contribution in [1.82, 2.24) is 15.3 Å². The molecule has 0 aliphatic rings. The van der Waals surface area contributed by atoms with E-state index in [0.717, 1.165) is 22.4 Å². The van der Waals surface area contributed by atoms with E-state index in [1.807, 2.05) is 43.3 Å². The Morgan fingerprint density at radius 3 is 2.64 bits per heavy atom. The van der Waals surface area contributed by atoms with Gasteiger partial charge in [0.2, 0.25) is 5.91 Å². The fraction of sp³-hybridized carbons (Fsp3) is 0.300. The minimum Gasteiger partial charge on any atom is -0.349 e. The van der Waals surface area contributed by atoms with Gasteiger partial charge in [-0.1, -0.05) is 36.4 Å². The number of benzene rings is 2. The van der Waals surface area contributed by atoms with E-state index in [1.165, 1.54) is 5.56 Å². The first kappa shape index (κ1) is 17.5. The number of hydrogen-bond donors (Lipinski definition) is 2. The van der Waals surface area contributed by atoms with Crippen LogP contribution >= 0.6 is 11.8 Å². The lowest BCUT2D eigenvalue weighted by atomic mass is 10.0. The van der Waals surface area contributed by atoms with Gasteiger partial charge in [0.25, 0.3) is 0 Å². The molecule has 2 N–H and O–H groups in total. The first-order valence-corrected chi connectivity index (χ1v) is 9.50. The molecule has 0 saturated heterocycles. The number of aromatic amines is 1. The molecule has 4 nitrogen and oxygen atoms in total. The van der Waals surface area contributed by atoms with Crippen LogP contribution in [-0.4, -0.2) is 21.6 Å². The predicted molar refractivity (Wildman–Crippen MR) is 105 cm³/mol. The van der Waals surface area contributed by atoms with Crippen molar-refractivity contribution in [2.24, 2.45) is 0 Å². The number of imidazole rings is 1. The quantitative estimate of drug-likeness (QED) is 0.684. The van der Waals surface area contributed by atoms with E-state index in [-0.39, 0.29) is 17.2 Å². The maximum atomic E-state index is 12.3. The average molecular weight is 353 g/mol. The average Bonchev–Trinajstić information content (AvgIpc) is 3.04. The zero-order valence-electron chi connectivity index (χ0n) is 14.7. The summed E-state index contributed by atoms with van der Waals surface area (Å²) >= 11 is 1.59. The molecule has 3 aromatic rings. The molecule has 5 heteroatoms. The third-order valence-corrected chi connectivity index (χ3v) is 5.44. The van der Waals surface area contributed by atoms with Gasteiger partial charge in [-0.3, -0.25) is 4.79 Å². The summed E-state index contributed by atoms with van der Waals surface area (Å²) in [5.74, 6) is 1.36. The van der Waals surface area contributed by atoms with Crippen LogP contribution in [0.15, 0.2) is 48.5 Å². The highest BCUT2D eigenvalue weighted by atomic mass is 32.2. The molecular formula is C20H23N3OS. The van der Waals surface area contributed by atoms with Gasteiger partial charge in [0.05, 0.1) is 28.1 Å². The number of H-pyrrole nitrogens is 1. The van der Waals surface area contributed by atoms with Gasteiger partial charge in [0.1, 0.15) is 5.82 Å². The van der Waals surface area contributed by atoms with Crippen molar-refractivity contribution in [1.29, 1.82) is 0 Å². The lowest BCUT2D eigenvalue weighted by Crippen LogP contribution is -2.28. The van der Waals surface area contributed by atoms with Crippen molar-refractivity contribution < 1.29 is 4.79 Å². The number of carbonyl (C=O) groups is 1. The Morgan fingerprint density at radius 1 is 1.16 bits per heavy atom. The molecule has 3 rings (SSSR count). The molecule has 2 atom stereocenters. The van der Waals surface area contributed by atoms with Crippen molar-refractivity contribution in [2.45, 2.75) is 32.1 Å². The molecule has 130 valence electrons. The van der Waals surface area contributed by atoms with E-state index >= 15 is 0 Å². The Hall–Kier alpha value is -2.27. The van der Waals surface area contributed by atoms with Crippen molar-refractivity contribution in [3.63, 3.8) is 0 Å². The Morgan fingerprint density at radius 2 is 1.88 bits per heavy atom. The van der Waals surface area contributed by atoms with Gasteiger partial charge in [-0.05, 0) is 44.0 Å². The lowest BCUT2D eigenvalue weighted by molar-refractivity contribution is -0.119. The Kier molecular flexibility index (Phi) is 5.43. The van der Waals surface area contributed by atoms with Crippen LogP contribution in [-0.2, 0) is 4.79 Å². The number of rotatable bonds is 6. The largest absolute Gasteiger partial charge is 0.349 e. The number of para-hydroxylation sites is 2. The van der Waals surface area contributed by atoms with Crippen molar-refractivity contribution in [3.8, 4) is 0 Å². The summed E-state index contributed by atoms with van der Waals surface area (Å²) < 4.78 is 0. The maximum absolute atomic E-state index is 12.3. The van der Waals surface area contributed by atoms with Crippen LogP contribution in [0.4, 0.5) is 0 Å². The van der Waals surface area contributed by atoms with E-state index in [2.05, 4.69) is 41.3 Å². The molecule has 1 amide bonds. The van der Waals surface area contributed by atoms with E-state index in [0.29, 0.717) is 5.75 Å². The van der Waals surface area contributed by atoms with Gasteiger partial charge in [-0.25, -0.2) is 4.98 Å². The topological polar surface area (TPSA) is 57.8 Å². The zero-order chi connectivity index (χ0) is 17.8. The molecule has 0 saturated carbocycles. The number of nitrogens with zero attached hydrogens (tertiary/aromatic N) is 1. The van der Waals surface area contributed by atoms with Crippen LogP contribution in [0.5, 0.6) is 0 Å². The maximum Gasteiger partial charge on any atom is 0.230 e. The second-order valence-electron chi connectivity index (χ2n) is 6.24. The van der Waals surface area contributed by atoms with Crippen molar-refractivity contribution in [3.05, 3.63) is 65.5 Å². The van der Waals surface area contributed by atoms with Gasteiger partial charge in [0, 0.05) is 0 Å².